The van der Waals surface area contributed by atoms with Crippen LogP contribution < -0.4 is 5.32 Å². The van der Waals surface area contributed by atoms with E-state index in [1.807, 2.05) is 37.3 Å². The standard InChI is InChI=1S/C15H14BrNO2/c1-10(13-7-2-3-8-14(13)16)17-12-6-4-5-11(9-12)15(18)19/h2-10,17H,1H3,(H,18,19). The number of rotatable bonds is 4. The summed E-state index contributed by atoms with van der Waals surface area (Å²) in [6.45, 7) is 2.04. The van der Waals surface area contributed by atoms with Gasteiger partial charge in [0.2, 0.25) is 0 Å². The van der Waals surface area contributed by atoms with Crippen LogP contribution in [0.25, 0.3) is 0 Å². The van der Waals surface area contributed by atoms with Crippen LogP contribution in [0.1, 0.15) is 28.9 Å². The Kier molecular flexibility index (Phi) is 4.22. The normalized spacial score (nSPS) is 11.9. The van der Waals surface area contributed by atoms with Crippen molar-refractivity contribution in [3.63, 3.8) is 0 Å². The lowest BCUT2D eigenvalue weighted by atomic mass is 10.1. The summed E-state index contributed by atoms with van der Waals surface area (Å²) in [5.74, 6) is -0.919. The molecule has 0 saturated carbocycles. The molecule has 2 aromatic carbocycles. The van der Waals surface area contributed by atoms with Crippen LogP contribution in [0.2, 0.25) is 0 Å². The lowest BCUT2D eigenvalue weighted by molar-refractivity contribution is 0.0697. The lowest BCUT2D eigenvalue weighted by Gasteiger charge is -2.17. The number of hydrogen-bond acceptors (Lipinski definition) is 2. The Balaban J connectivity index is 2.19. The van der Waals surface area contributed by atoms with Crippen LogP contribution >= 0.6 is 15.9 Å². The molecule has 19 heavy (non-hydrogen) atoms. The molecule has 1 unspecified atom stereocenters. The SMILES string of the molecule is CC(Nc1cccc(C(=O)O)c1)c1ccccc1Br. The molecule has 0 spiro atoms. The number of carboxylic acid groups (broad SMARTS) is 1. The number of nitrogens with one attached hydrogen (secondary N) is 1. The molecule has 2 rings (SSSR count). The van der Waals surface area contributed by atoms with Crippen molar-refractivity contribution in [2.45, 2.75) is 13.0 Å². The fourth-order valence-electron chi connectivity index (χ4n) is 1.90. The average Bonchev–Trinajstić information content (AvgIpc) is 2.39. The van der Waals surface area contributed by atoms with Crippen LogP contribution in [0.15, 0.2) is 53.0 Å². The molecule has 0 aliphatic rings. The van der Waals surface area contributed by atoms with Gasteiger partial charge < -0.3 is 10.4 Å². The van der Waals surface area contributed by atoms with Crippen molar-refractivity contribution in [3.8, 4) is 0 Å². The summed E-state index contributed by atoms with van der Waals surface area (Å²) in [6, 6.07) is 14.9. The Morgan fingerprint density at radius 1 is 1.21 bits per heavy atom. The minimum absolute atomic E-state index is 0.0830. The van der Waals surface area contributed by atoms with Crippen molar-refractivity contribution in [1.82, 2.24) is 0 Å². The highest BCUT2D eigenvalue weighted by Crippen LogP contribution is 2.26. The van der Waals surface area contributed by atoms with E-state index < -0.39 is 5.97 Å². The molecule has 0 amide bonds. The summed E-state index contributed by atoms with van der Waals surface area (Å²) in [5, 5.41) is 12.3. The van der Waals surface area contributed by atoms with Gasteiger partial charge in [0.15, 0.2) is 0 Å². The molecule has 0 aliphatic heterocycles. The number of hydrogen-bond donors (Lipinski definition) is 2. The van der Waals surface area contributed by atoms with Gasteiger partial charge in [0.05, 0.1) is 5.56 Å². The molecule has 0 bridgehead atoms. The zero-order valence-electron chi connectivity index (χ0n) is 10.4. The first-order chi connectivity index (χ1) is 9.08. The highest BCUT2D eigenvalue weighted by atomic mass is 79.9. The Labute approximate surface area is 120 Å². The van der Waals surface area contributed by atoms with Gasteiger partial charge in [-0.1, -0.05) is 40.2 Å². The zero-order chi connectivity index (χ0) is 13.8. The third-order valence-electron chi connectivity index (χ3n) is 2.86. The van der Waals surface area contributed by atoms with Crippen molar-refractivity contribution < 1.29 is 9.90 Å². The number of carboxylic acids is 1. The van der Waals surface area contributed by atoms with Gasteiger partial charge in [0.25, 0.3) is 0 Å². The van der Waals surface area contributed by atoms with E-state index in [9.17, 15) is 4.79 Å². The molecule has 98 valence electrons. The van der Waals surface area contributed by atoms with E-state index in [0.717, 1.165) is 15.7 Å². The van der Waals surface area contributed by atoms with Crippen molar-refractivity contribution in [2.24, 2.45) is 0 Å². The summed E-state index contributed by atoms with van der Waals surface area (Å²) in [4.78, 5) is 10.9. The molecular formula is C15H14BrNO2. The Bertz CT molecular complexity index is 598. The van der Waals surface area contributed by atoms with E-state index >= 15 is 0 Å². The van der Waals surface area contributed by atoms with Crippen LogP contribution in [0.5, 0.6) is 0 Å². The van der Waals surface area contributed by atoms with E-state index in [2.05, 4.69) is 21.2 Å². The van der Waals surface area contributed by atoms with Crippen molar-refractivity contribution in [1.29, 1.82) is 0 Å². The van der Waals surface area contributed by atoms with Crippen LogP contribution in [0, 0.1) is 0 Å². The second-order valence-electron chi connectivity index (χ2n) is 4.27. The topological polar surface area (TPSA) is 49.3 Å². The number of anilines is 1. The van der Waals surface area contributed by atoms with Gasteiger partial charge >= 0.3 is 5.97 Å². The molecule has 1 atom stereocenters. The summed E-state index contributed by atoms with van der Waals surface area (Å²) < 4.78 is 1.03. The molecule has 2 N–H and O–H groups in total. The maximum absolute atomic E-state index is 10.9. The van der Waals surface area contributed by atoms with Crippen LogP contribution in [0.3, 0.4) is 0 Å². The summed E-state index contributed by atoms with van der Waals surface area (Å²) in [7, 11) is 0. The summed E-state index contributed by atoms with van der Waals surface area (Å²) in [6.07, 6.45) is 0. The third-order valence-corrected chi connectivity index (χ3v) is 3.59. The largest absolute Gasteiger partial charge is 0.478 e. The van der Waals surface area contributed by atoms with Crippen LogP contribution in [-0.2, 0) is 0 Å². The molecule has 0 radical (unpaired) electrons. The van der Waals surface area contributed by atoms with Gasteiger partial charge in [-0.15, -0.1) is 0 Å². The Morgan fingerprint density at radius 2 is 1.95 bits per heavy atom. The molecule has 0 saturated heterocycles. The molecule has 0 fully saturated rings. The monoisotopic (exact) mass is 319 g/mol. The second kappa shape index (κ2) is 5.89. The zero-order valence-corrected chi connectivity index (χ0v) is 12.0. The van der Waals surface area contributed by atoms with E-state index in [0.29, 0.717) is 0 Å². The highest BCUT2D eigenvalue weighted by Gasteiger charge is 2.09. The smallest absolute Gasteiger partial charge is 0.335 e. The predicted octanol–water partition coefficient (Wildman–Crippen LogP) is 4.32. The molecule has 0 heterocycles. The molecule has 0 aliphatic carbocycles. The minimum Gasteiger partial charge on any atom is -0.478 e. The van der Waals surface area contributed by atoms with Gasteiger partial charge in [-0.25, -0.2) is 4.79 Å². The maximum atomic E-state index is 10.9. The summed E-state index contributed by atoms with van der Waals surface area (Å²) >= 11 is 3.51. The number of halogens is 1. The molecule has 2 aromatic rings. The highest BCUT2D eigenvalue weighted by molar-refractivity contribution is 9.10. The first-order valence-electron chi connectivity index (χ1n) is 5.92. The fraction of sp³-hybridized carbons (Fsp3) is 0.133. The Hall–Kier alpha value is -1.81. The van der Waals surface area contributed by atoms with Crippen LogP contribution in [-0.4, -0.2) is 11.1 Å². The van der Waals surface area contributed by atoms with E-state index in [1.54, 1.807) is 18.2 Å². The van der Waals surface area contributed by atoms with Gasteiger partial charge in [0.1, 0.15) is 0 Å². The second-order valence-corrected chi connectivity index (χ2v) is 5.13. The maximum Gasteiger partial charge on any atom is 0.335 e. The van der Waals surface area contributed by atoms with Gasteiger partial charge in [-0.3, -0.25) is 0 Å². The quantitative estimate of drug-likeness (QED) is 0.882. The molecule has 3 nitrogen and oxygen atoms in total. The number of aromatic carboxylic acids is 1. The predicted molar refractivity (Wildman–Crippen MR) is 79.6 cm³/mol. The van der Waals surface area contributed by atoms with Gasteiger partial charge in [-0.2, -0.15) is 0 Å². The van der Waals surface area contributed by atoms with E-state index in [1.165, 1.54) is 0 Å². The van der Waals surface area contributed by atoms with Crippen LogP contribution in [0.4, 0.5) is 5.69 Å². The molecular weight excluding hydrogens is 306 g/mol. The first kappa shape index (κ1) is 13.6. The van der Waals surface area contributed by atoms with E-state index in [4.69, 9.17) is 5.11 Å². The van der Waals surface area contributed by atoms with Crippen molar-refractivity contribution in [3.05, 3.63) is 64.1 Å². The third kappa shape index (κ3) is 3.35. The fourth-order valence-corrected chi connectivity index (χ4v) is 2.52. The van der Waals surface area contributed by atoms with Gasteiger partial charge in [-0.05, 0) is 36.8 Å². The lowest BCUT2D eigenvalue weighted by Crippen LogP contribution is -2.08. The van der Waals surface area contributed by atoms with Gasteiger partial charge in [0, 0.05) is 16.2 Å². The molecule has 0 aromatic heterocycles. The van der Waals surface area contributed by atoms with E-state index in [-0.39, 0.29) is 11.6 Å². The molecule has 4 heteroatoms. The minimum atomic E-state index is -0.919. The van der Waals surface area contributed by atoms with Crippen molar-refractivity contribution in [2.75, 3.05) is 5.32 Å². The van der Waals surface area contributed by atoms with Crippen molar-refractivity contribution >= 4 is 27.6 Å². The first-order valence-corrected chi connectivity index (χ1v) is 6.71. The summed E-state index contributed by atoms with van der Waals surface area (Å²) in [5.41, 5.74) is 2.20. The number of benzene rings is 2. The number of carbonyl (C=O) groups is 1. The average molecular weight is 320 g/mol. The Morgan fingerprint density at radius 3 is 2.63 bits per heavy atom.